The maximum atomic E-state index is 3.71. The van der Waals surface area contributed by atoms with E-state index in [0.29, 0.717) is 6.04 Å². The molecule has 1 N–H and O–H groups in total. The number of hydrogen-bond acceptors (Lipinski definition) is 1. The average molecular weight is 170 g/mol. The van der Waals surface area contributed by atoms with Crippen LogP contribution in [0.4, 0.5) is 0 Å². The molecule has 1 atom stereocenters. The third kappa shape index (κ3) is 2.35. The minimum atomic E-state index is 0. The zero-order valence-corrected chi connectivity index (χ0v) is 6.93. The molecule has 0 aliphatic carbocycles. The summed E-state index contributed by atoms with van der Waals surface area (Å²) < 4.78 is 0. The number of rotatable bonds is 0. The van der Waals surface area contributed by atoms with Gasteiger partial charge in [-0.15, -0.1) is 0 Å². The molecule has 0 spiro atoms. The summed E-state index contributed by atoms with van der Waals surface area (Å²) in [6, 6.07) is 0.310. The third-order valence-corrected chi connectivity index (χ3v) is 0.750. The van der Waals surface area contributed by atoms with Gasteiger partial charge in [0.2, 0.25) is 0 Å². The molecule has 37 valence electrons. The van der Waals surface area contributed by atoms with Crippen LogP contribution in [-0.2, 0) is 32.7 Å². The molecule has 2 heteroatoms. The van der Waals surface area contributed by atoms with Crippen molar-refractivity contribution in [2.24, 2.45) is 0 Å². The summed E-state index contributed by atoms with van der Waals surface area (Å²) in [5.74, 6) is 0. The zero-order valence-electron chi connectivity index (χ0n) is 4.09. The quantitative estimate of drug-likeness (QED) is 0.522. The minimum absolute atomic E-state index is 0. The van der Waals surface area contributed by atoms with Gasteiger partial charge in [-0.2, -0.15) is 12.2 Å². The molecule has 1 rings (SSSR count). The molecule has 1 heterocycles. The molecule has 0 aromatic rings. The predicted molar refractivity (Wildman–Crippen MR) is 25.7 cm³/mol. The van der Waals surface area contributed by atoms with Gasteiger partial charge in [-0.05, 0) is 0 Å². The SMILES string of the molecule is [CH2-]C1[CH-]C=CN1.[Y]. The van der Waals surface area contributed by atoms with Crippen molar-refractivity contribution < 1.29 is 32.7 Å². The van der Waals surface area contributed by atoms with Crippen molar-refractivity contribution in [2.45, 2.75) is 6.04 Å². The van der Waals surface area contributed by atoms with Crippen LogP contribution in [0.3, 0.4) is 0 Å². The van der Waals surface area contributed by atoms with Gasteiger partial charge in [0.1, 0.15) is 0 Å². The Hall–Kier alpha value is 0.514. The summed E-state index contributed by atoms with van der Waals surface area (Å²) in [7, 11) is 0. The second-order valence-corrected chi connectivity index (χ2v) is 1.32. The van der Waals surface area contributed by atoms with E-state index >= 15 is 0 Å². The fourth-order valence-corrected chi connectivity index (χ4v) is 0.424. The van der Waals surface area contributed by atoms with Gasteiger partial charge in [-0.3, -0.25) is 0 Å². The number of nitrogens with one attached hydrogen (secondary N) is 1. The van der Waals surface area contributed by atoms with Crippen LogP contribution in [0.2, 0.25) is 0 Å². The Labute approximate surface area is 69.4 Å². The predicted octanol–water partition coefficient (Wildman–Crippen LogP) is 0.508. The maximum absolute atomic E-state index is 3.71. The van der Waals surface area contributed by atoms with E-state index in [-0.39, 0.29) is 32.7 Å². The van der Waals surface area contributed by atoms with Crippen LogP contribution >= 0.6 is 0 Å². The first-order valence-electron chi connectivity index (χ1n) is 1.99. The largest absolute Gasteiger partial charge is 0.505 e. The van der Waals surface area contributed by atoms with Gasteiger partial charge in [-0.1, -0.05) is 0 Å². The normalized spacial score (nSPS) is 25.0. The van der Waals surface area contributed by atoms with E-state index in [4.69, 9.17) is 0 Å². The summed E-state index contributed by atoms with van der Waals surface area (Å²) in [6.07, 6.45) is 5.84. The molecular weight excluding hydrogens is 163 g/mol. The molecule has 0 bridgehead atoms. The topological polar surface area (TPSA) is 12.0 Å². The van der Waals surface area contributed by atoms with Crippen molar-refractivity contribution in [3.05, 3.63) is 25.6 Å². The first-order valence-corrected chi connectivity index (χ1v) is 1.99. The van der Waals surface area contributed by atoms with Crippen LogP contribution in [-0.4, -0.2) is 6.04 Å². The molecular formula is C5H7NY-2. The van der Waals surface area contributed by atoms with Gasteiger partial charge in [0.15, 0.2) is 0 Å². The Bertz CT molecular complexity index is 62.5. The fraction of sp³-hybridized carbons (Fsp3) is 0.200. The smallest absolute Gasteiger partial charge is 0 e. The van der Waals surface area contributed by atoms with E-state index in [2.05, 4.69) is 12.2 Å². The van der Waals surface area contributed by atoms with Gasteiger partial charge < -0.3 is 12.2 Å². The monoisotopic (exact) mass is 170 g/mol. The van der Waals surface area contributed by atoms with Crippen molar-refractivity contribution in [3.63, 3.8) is 0 Å². The molecule has 0 fully saturated rings. The molecule has 0 amide bonds. The molecule has 0 aromatic heterocycles. The fourth-order valence-electron chi connectivity index (χ4n) is 0.424. The standard InChI is InChI=1S/C5H7N.Y/c1-5-3-2-4-6-5;/h2-6H,1H2;/q-2;. The van der Waals surface area contributed by atoms with Crippen molar-refractivity contribution in [1.82, 2.24) is 5.32 Å². The Morgan fingerprint density at radius 1 is 1.71 bits per heavy atom. The van der Waals surface area contributed by atoms with Gasteiger partial charge in [-0.25, -0.2) is 12.5 Å². The Kier molecular flexibility index (Phi) is 3.77. The first-order chi connectivity index (χ1) is 2.89. The molecule has 1 unspecified atom stereocenters. The molecule has 7 heavy (non-hydrogen) atoms. The Morgan fingerprint density at radius 3 is 2.57 bits per heavy atom. The second-order valence-electron chi connectivity index (χ2n) is 1.32. The molecule has 1 nitrogen and oxygen atoms in total. The third-order valence-electron chi connectivity index (χ3n) is 0.750. The summed E-state index contributed by atoms with van der Waals surface area (Å²) >= 11 is 0. The van der Waals surface area contributed by atoms with E-state index in [1.54, 1.807) is 0 Å². The first kappa shape index (κ1) is 7.51. The summed E-state index contributed by atoms with van der Waals surface area (Å²) in [4.78, 5) is 0. The van der Waals surface area contributed by atoms with Crippen LogP contribution < -0.4 is 5.32 Å². The van der Waals surface area contributed by atoms with Crippen LogP contribution in [0.15, 0.2) is 12.3 Å². The second kappa shape index (κ2) is 3.51. The molecule has 0 saturated heterocycles. The molecule has 1 aliphatic heterocycles. The molecule has 0 aromatic carbocycles. The van der Waals surface area contributed by atoms with E-state index < -0.39 is 0 Å². The van der Waals surface area contributed by atoms with E-state index in [1.165, 1.54) is 0 Å². The van der Waals surface area contributed by atoms with Gasteiger partial charge >= 0.3 is 0 Å². The van der Waals surface area contributed by atoms with Crippen LogP contribution in [0.25, 0.3) is 0 Å². The summed E-state index contributed by atoms with van der Waals surface area (Å²) in [5, 5.41) is 2.97. The molecule has 0 saturated carbocycles. The van der Waals surface area contributed by atoms with Crippen molar-refractivity contribution in [2.75, 3.05) is 0 Å². The van der Waals surface area contributed by atoms with Crippen LogP contribution in [0, 0.1) is 13.3 Å². The Balaban J connectivity index is 0.000000360. The van der Waals surface area contributed by atoms with Crippen LogP contribution in [0.1, 0.15) is 0 Å². The molecule has 1 radical (unpaired) electrons. The number of hydrogen-bond donors (Lipinski definition) is 1. The Morgan fingerprint density at radius 2 is 2.43 bits per heavy atom. The van der Waals surface area contributed by atoms with Crippen molar-refractivity contribution in [3.8, 4) is 0 Å². The zero-order chi connectivity index (χ0) is 4.41. The van der Waals surface area contributed by atoms with Gasteiger partial charge in [0.05, 0.1) is 0 Å². The summed E-state index contributed by atoms with van der Waals surface area (Å²) in [6.45, 7) is 3.71. The average Bonchev–Trinajstić information content (AvgIpc) is 1.86. The van der Waals surface area contributed by atoms with E-state index in [1.807, 2.05) is 18.7 Å². The van der Waals surface area contributed by atoms with Crippen molar-refractivity contribution >= 4 is 0 Å². The maximum Gasteiger partial charge on any atom is 0 e. The van der Waals surface area contributed by atoms with Gasteiger partial charge in [0.25, 0.3) is 0 Å². The van der Waals surface area contributed by atoms with E-state index in [9.17, 15) is 0 Å². The van der Waals surface area contributed by atoms with Crippen molar-refractivity contribution in [1.29, 1.82) is 0 Å². The summed E-state index contributed by atoms with van der Waals surface area (Å²) in [5.41, 5.74) is 0. The van der Waals surface area contributed by atoms with Crippen LogP contribution in [0.5, 0.6) is 0 Å². The van der Waals surface area contributed by atoms with Gasteiger partial charge in [0, 0.05) is 32.7 Å². The minimum Gasteiger partial charge on any atom is -0.505 e. The molecule has 1 aliphatic rings. The van der Waals surface area contributed by atoms with E-state index in [0.717, 1.165) is 0 Å².